The van der Waals surface area contributed by atoms with Gasteiger partial charge in [-0.05, 0) is 36.4 Å². The molecular weight excluding hydrogens is 348 g/mol. The van der Waals surface area contributed by atoms with Gasteiger partial charge in [-0.2, -0.15) is 10.2 Å². The van der Waals surface area contributed by atoms with E-state index >= 15 is 0 Å². The number of phenols is 1. The van der Waals surface area contributed by atoms with Crippen molar-refractivity contribution in [3.63, 3.8) is 0 Å². The van der Waals surface area contributed by atoms with E-state index in [1.807, 2.05) is 12.1 Å². The number of nitrogen functional groups attached to an aromatic ring is 2. The minimum absolute atomic E-state index is 0.147. The molecule has 0 aliphatic rings. The Balaban J connectivity index is 1.86. The van der Waals surface area contributed by atoms with Crippen LogP contribution in [0, 0.1) is 0 Å². The number of methoxy groups -OCH3 is 2. The molecule has 1 aromatic heterocycles. The molecule has 27 heavy (non-hydrogen) atoms. The summed E-state index contributed by atoms with van der Waals surface area (Å²) in [5, 5.41) is 21.7. The predicted octanol–water partition coefficient (Wildman–Crippen LogP) is 3.23. The molecule has 0 saturated carbocycles. The van der Waals surface area contributed by atoms with Gasteiger partial charge < -0.3 is 26.0 Å². The van der Waals surface area contributed by atoms with Crippen LogP contribution in [-0.4, -0.2) is 29.1 Å². The second-order valence-electron chi connectivity index (χ2n) is 5.67. The minimum atomic E-state index is 0.147. The number of benzene rings is 2. The molecule has 5 N–H and O–H groups in total. The first-order valence-corrected chi connectivity index (χ1v) is 8.05. The Morgan fingerprint density at radius 2 is 1.78 bits per heavy atom. The highest BCUT2D eigenvalue weighted by Gasteiger charge is 2.15. The van der Waals surface area contributed by atoms with Gasteiger partial charge in [-0.3, -0.25) is 0 Å². The van der Waals surface area contributed by atoms with E-state index in [1.54, 1.807) is 32.4 Å². The summed E-state index contributed by atoms with van der Waals surface area (Å²) in [6, 6.07) is 11.7. The number of ether oxygens (including phenoxy) is 2. The standard InChI is InChI=1S/C18H20N6O3/c1-26-14-8-3-11(15(9-14)27-2)10-24-18(20)16(17(19)23-24)22-21-12-4-6-13(25)7-5-12/h3-9,25H,10,20H2,1-2H3,(H2,19,23). The van der Waals surface area contributed by atoms with Crippen LogP contribution in [0.3, 0.4) is 0 Å². The van der Waals surface area contributed by atoms with Crippen molar-refractivity contribution in [3.05, 3.63) is 48.0 Å². The zero-order valence-electron chi connectivity index (χ0n) is 15.0. The molecule has 1 heterocycles. The number of anilines is 2. The Hall–Kier alpha value is -3.75. The fourth-order valence-electron chi connectivity index (χ4n) is 2.48. The van der Waals surface area contributed by atoms with E-state index in [1.165, 1.54) is 16.8 Å². The first kappa shape index (κ1) is 18.1. The maximum atomic E-state index is 9.31. The van der Waals surface area contributed by atoms with Gasteiger partial charge in [0.05, 0.1) is 26.5 Å². The molecule has 2 aromatic carbocycles. The van der Waals surface area contributed by atoms with Crippen LogP contribution in [0.4, 0.5) is 23.0 Å². The van der Waals surface area contributed by atoms with E-state index in [4.69, 9.17) is 20.9 Å². The molecule has 0 saturated heterocycles. The number of phenolic OH excluding ortho intramolecular Hbond substituents is 1. The smallest absolute Gasteiger partial charge is 0.175 e. The molecule has 0 radical (unpaired) electrons. The molecule has 3 rings (SSSR count). The summed E-state index contributed by atoms with van der Waals surface area (Å²) in [6.45, 7) is 0.345. The predicted molar refractivity (Wildman–Crippen MR) is 102 cm³/mol. The van der Waals surface area contributed by atoms with Crippen LogP contribution < -0.4 is 20.9 Å². The summed E-state index contributed by atoms with van der Waals surface area (Å²) in [6.07, 6.45) is 0. The molecule has 0 aliphatic heterocycles. The molecule has 0 bridgehead atoms. The van der Waals surface area contributed by atoms with E-state index in [0.717, 1.165) is 5.56 Å². The largest absolute Gasteiger partial charge is 0.508 e. The van der Waals surface area contributed by atoms with Crippen LogP contribution in [-0.2, 0) is 6.54 Å². The number of azo groups is 1. The molecule has 0 aliphatic carbocycles. The third-order valence-corrected chi connectivity index (χ3v) is 3.92. The van der Waals surface area contributed by atoms with Crippen molar-refractivity contribution >= 4 is 23.0 Å². The van der Waals surface area contributed by atoms with E-state index in [-0.39, 0.29) is 23.1 Å². The van der Waals surface area contributed by atoms with Gasteiger partial charge in [0.1, 0.15) is 17.2 Å². The van der Waals surface area contributed by atoms with E-state index in [2.05, 4.69) is 15.3 Å². The van der Waals surface area contributed by atoms with Gasteiger partial charge in [-0.1, -0.05) is 0 Å². The molecule has 0 fully saturated rings. The van der Waals surface area contributed by atoms with Crippen LogP contribution >= 0.6 is 0 Å². The van der Waals surface area contributed by atoms with E-state index < -0.39 is 0 Å². The Morgan fingerprint density at radius 1 is 1.04 bits per heavy atom. The minimum Gasteiger partial charge on any atom is -0.508 e. The Bertz CT molecular complexity index is 966. The van der Waals surface area contributed by atoms with Crippen molar-refractivity contribution in [1.29, 1.82) is 0 Å². The molecule has 0 atom stereocenters. The quantitative estimate of drug-likeness (QED) is 0.572. The lowest BCUT2D eigenvalue weighted by Gasteiger charge is -2.11. The number of aromatic hydroxyl groups is 1. The fraction of sp³-hybridized carbons (Fsp3) is 0.167. The molecule has 0 spiro atoms. The third kappa shape index (κ3) is 3.92. The molecule has 0 amide bonds. The van der Waals surface area contributed by atoms with E-state index in [0.29, 0.717) is 23.7 Å². The lowest BCUT2D eigenvalue weighted by molar-refractivity contribution is 0.389. The number of hydrogen-bond donors (Lipinski definition) is 3. The van der Waals surface area contributed by atoms with Gasteiger partial charge in [-0.15, -0.1) is 5.11 Å². The van der Waals surface area contributed by atoms with Gasteiger partial charge in [0.15, 0.2) is 17.3 Å². The third-order valence-electron chi connectivity index (χ3n) is 3.92. The zero-order valence-corrected chi connectivity index (χ0v) is 15.0. The SMILES string of the molecule is COc1ccc(Cn2nc(N)c(N=Nc3ccc(O)cc3)c2N)c(OC)c1. The summed E-state index contributed by atoms with van der Waals surface area (Å²) in [7, 11) is 3.17. The first-order chi connectivity index (χ1) is 13.0. The number of nitrogens with two attached hydrogens (primary N) is 2. The van der Waals surface area contributed by atoms with Crippen molar-refractivity contribution in [1.82, 2.24) is 9.78 Å². The van der Waals surface area contributed by atoms with Crippen molar-refractivity contribution < 1.29 is 14.6 Å². The van der Waals surface area contributed by atoms with Crippen LogP contribution in [0.1, 0.15) is 5.56 Å². The molecule has 9 nitrogen and oxygen atoms in total. The second kappa shape index (κ2) is 7.65. The Labute approximate surface area is 155 Å². The average Bonchev–Trinajstić information content (AvgIpc) is 2.94. The first-order valence-electron chi connectivity index (χ1n) is 8.05. The van der Waals surface area contributed by atoms with Crippen LogP contribution in [0.15, 0.2) is 52.7 Å². The van der Waals surface area contributed by atoms with E-state index in [9.17, 15) is 5.11 Å². The number of hydrogen-bond acceptors (Lipinski definition) is 8. The summed E-state index contributed by atoms with van der Waals surface area (Å²) in [5.41, 5.74) is 13.8. The molecule has 9 heteroatoms. The van der Waals surface area contributed by atoms with Crippen molar-refractivity contribution in [2.24, 2.45) is 10.2 Å². The highest BCUT2D eigenvalue weighted by Crippen LogP contribution is 2.33. The molecular formula is C18H20N6O3. The molecule has 140 valence electrons. The summed E-state index contributed by atoms with van der Waals surface area (Å²) < 4.78 is 12.1. The van der Waals surface area contributed by atoms with Crippen LogP contribution in [0.25, 0.3) is 0 Å². The summed E-state index contributed by atoms with van der Waals surface area (Å²) in [5.74, 6) is 1.94. The summed E-state index contributed by atoms with van der Waals surface area (Å²) in [4.78, 5) is 0. The van der Waals surface area contributed by atoms with Crippen molar-refractivity contribution in [3.8, 4) is 17.2 Å². The highest BCUT2D eigenvalue weighted by molar-refractivity contribution is 5.71. The fourth-order valence-corrected chi connectivity index (χ4v) is 2.48. The van der Waals surface area contributed by atoms with Gasteiger partial charge in [0.2, 0.25) is 0 Å². The Morgan fingerprint density at radius 3 is 2.44 bits per heavy atom. The monoisotopic (exact) mass is 368 g/mol. The normalized spacial score (nSPS) is 11.0. The Kier molecular flexibility index (Phi) is 5.11. The van der Waals surface area contributed by atoms with Crippen molar-refractivity contribution in [2.45, 2.75) is 6.54 Å². The lowest BCUT2D eigenvalue weighted by Crippen LogP contribution is -2.07. The van der Waals surface area contributed by atoms with Gasteiger partial charge in [-0.25, -0.2) is 4.68 Å². The van der Waals surface area contributed by atoms with Crippen LogP contribution in [0.2, 0.25) is 0 Å². The number of nitrogens with zero attached hydrogens (tertiary/aromatic N) is 4. The van der Waals surface area contributed by atoms with Crippen molar-refractivity contribution in [2.75, 3.05) is 25.7 Å². The maximum absolute atomic E-state index is 9.31. The second-order valence-corrected chi connectivity index (χ2v) is 5.67. The van der Waals surface area contributed by atoms with Crippen LogP contribution in [0.5, 0.6) is 17.2 Å². The molecule has 3 aromatic rings. The highest BCUT2D eigenvalue weighted by atomic mass is 16.5. The zero-order chi connectivity index (χ0) is 19.4. The van der Waals surface area contributed by atoms with Gasteiger partial charge in [0, 0.05) is 11.6 Å². The lowest BCUT2D eigenvalue weighted by atomic mass is 10.2. The number of aromatic nitrogens is 2. The number of rotatable bonds is 6. The van der Waals surface area contributed by atoms with Gasteiger partial charge >= 0.3 is 0 Å². The summed E-state index contributed by atoms with van der Waals surface area (Å²) >= 11 is 0. The molecule has 0 unspecified atom stereocenters. The topological polar surface area (TPSA) is 133 Å². The maximum Gasteiger partial charge on any atom is 0.175 e. The average molecular weight is 368 g/mol. The van der Waals surface area contributed by atoms with Gasteiger partial charge in [0.25, 0.3) is 0 Å².